The molecule has 150 valence electrons. The average molecular weight is 383 g/mol. The van der Waals surface area contributed by atoms with Crippen molar-refractivity contribution >= 4 is 5.97 Å². The molecule has 0 aliphatic carbocycles. The Labute approximate surface area is 167 Å². The highest BCUT2D eigenvalue weighted by Crippen LogP contribution is 2.30. The van der Waals surface area contributed by atoms with E-state index in [0.717, 1.165) is 42.7 Å². The number of esters is 1. The van der Waals surface area contributed by atoms with Crippen molar-refractivity contribution in [3.8, 4) is 11.5 Å². The van der Waals surface area contributed by atoms with Gasteiger partial charge in [0.25, 0.3) is 0 Å². The van der Waals surface area contributed by atoms with Gasteiger partial charge in [0.15, 0.2) is 11.5 Å². The van der Waals surface area contributed by atoms with Gasteiger partial charge in [0.05, 0.1) is 13.7 Å². The molecule has 2 aromatic rings. The van der Waals surface area contributed by atoms with Crippen molar-refractivity contribution in [1.29, 1.82) is 0 Å². The Hall–Kier alpha value is -2.53. The highest BCUT2D eigenvalue weighted by atomic mass is 16.5. The van der Waals surface area contributed by atoms with E-state index in [2.05, 4.69) is 4.90 Å². The van der Waals surface area contributed by atoms with Crippen LogP contribution >= 0.6 is 0 Å². The zero-order chi connectivity index (χ0) is 19.8. The maximum absolute atomic E-state index is 12.3. The number of benzene rings is 2. The minimum atomic E-state index is -0.159. The Morgan fingerprint density at radius 1 is 1.07 bits per heavy atom. The predicted molar refractivity (Wildman–Crippen MR) is 108 cm³/mol. The molecular formula is C23H29NO4. The zero-order valence-electron chi connectivity index (χ0n) is 16.7. The van der Waals surface area contributed by atoms with Crippen LogP contribution in [0.2, 0.25) is 0 Å². The van der Waals surface area contributed by atoms with E-state index < -0.39 is 0 Å². The first-order valence-electron chi connectivity index (χ1n) is 9.95. The van der Waals surface area contributed by atoms with Gasteiger partial charge in [0.1, 0.15) is 12.6 Å². The highest BCUT2D eigenvalue weighted by molar-refractivity contribution is 5.75. The third kappa shape index (κ3) is 5.26. The number of hydrogen-bond acceptors (Lipinski definition) is 5. The number of hydrogen-bond donors (Lipinski definition) is 0. The summed E-state index contributed by atoms with van der Waals surface area (Å²) in [5.74, 6) is 1.31. The molecule has 3 rings (SSSR count). The number of ether oxygens (including phenoxy) is 3. The second-order valence-electron chi connectivity index (χ2n) is 6.99. The Bertz CT molecular complexity index is 762. The Morgan fingerprint density at radius 2 is 1.89 bits per heavy atom. The summed E-state index contributed by atoms with van der Waals surface area (Å²) < 4.78 is 16.7. The molecule has 0 saturated carbocycles. The van der Waals surface area contributed by atoms with Crippen LogP contribution in [0.15, 0.2) is 48.5 Å². The minimum Gasteiger partial charge on any atom is -0.493 e. The molecule has 1 heterocycles. The summed E-state index contributed by atoms with van der Waals surface area (Å²) in [6.07, 6.45) is 3.02. The van der Waals surface area contributed by atoms with Crippen LogP contribution in [0, 0.1) is 0 Å². The van der Waals surface area contributed by atoms with Gasteiger partial charge < -0.3 is 14.2 Å². The van der Waals surface area contributed by atoms with Crippen molar-refractivity contribution < 1.29 is 19.0 Å². The lowest BCUT2D eigenvalue weighted by Crippen LogP contribution is -2.44. The fourth-order valence-electron chi connectivity index (χ4n) is 3.59. The first kappa shape index (κ1) is 20.2. The monoisotopic (exact) mass is 383 g/mol. The third-order valence-electron chi connectivity index (χ3n) is 5.02. The Balaban J connectivity index is 1.67. The number of methoxy groups -OCH3 is 1. The number of carbonyl (C=O) groups excluding carboxylic acids is 1. The van der Waals surface area contributed by atoms with Gasteiger partial charge >= 0.3 is 5.97 Å². The molecule has 1 aliphatic heterocycles. The predicted octanol–water partition coefficient (Wildman–Crippen LogP) is 4.19. The first-order valence-corrected chi connectivity index (χ1v) is 9.95. The number of piperidine rings is 1. The van der Waals surface area contributed by atoms with Crippen LogP contribution < -0.4 is 9.47 Å². The third-order valence-corrected chi connectivity index (χ3v) is 5.02. The van der Waals surface area contributed by atoms with Crippen LogP contribution in [0.25, 0.3) is 0 Å². The number of carbonyl (C=O) groups is 1. The molecule has 2 aromatic carbocycles. The fourth-order valence-corrected chi connectivity index (χ4v) is 3.59. The second kappa shape index (κ2) is 10.1. The molecule has 0 spiro atoms. The lowest BCUT2D eigenvalue weighted by Gasteiger charge is -2.34. The molecule has 1 atom stereocenters. The standard InChI is InChI=1S/C23H29NO4/c1-3-27-23(25)20-11-7-8-14-24(20)16-19-12-13-21(22(15-19)26-2)28-17-18-9-5-4-6-10-18/h4-6,9-10,12-13,15,20H,3,7-8,11,14,16-17H2,1-2H3/t20-/m1/s1. The van der Waals surface area contributed by atoms with Crippen LogP contribution in [0.4, 0.5) is 0 Å². The molecule has 1 aliphatic rings. The summed E-state index contributed by atoms with van der Waals surface area (Å²) in [5.41, 5.74) is 2.21. The molecule has 1 fully saturated rings. The van der Waals surface area contributed by atoms with E-state index in [1.54, 1.807) is 7.11 Å². The first-order chi connectivity index (χ1) is 13.7. The summed E-state index contributed by atoms with van der Waals surface area (Å²) in [5, 5.41) is 0. The molecule has 0 amide bonds. The highest BCUT2D eigenvalue weighted by Gasteiger charge is 2.29. The summed E-state index contributed by atoms with van der Waals surface area (Å²) >= 11 is 0. The molecule has 0 unspecified atom stereocenters. The maximum Gasteiger partial charge on any atom is 0.323 e. The van der Waals surface area contributed by atoms with Gasteiger partial charge in [-0.3, -0.25) is 9.69 Å². The quantitative estimate of drug-likeness (QED) is 0.640. The lowest BCUT2D eigenvalue weighted by atomic mass is 10.0. The van der Waals surface area contributed by atoms with Crippen LogP contribution in [0.1, 0.15) is 37.3 Å². The maximum atomic E-state index is 12.3. The molecule has 0 N–H and O–H groups in total. The van der Waals surface area contributed by atoms with Crippen molar-refractivity contribution in [3.05, 3.63) is 59.7 Å². The van der Waals surface area contributed by atoms with Crippen molar-refractivity contribution in [2.45, 2.75) is 45.4 Å². The summed E-state index contributed by atoms with van der Waals surface area (Å²) in [6, 6.07) is 15.9. The van der Waals surface area contributed by atoms with E-state index >= 15 is 0 Å². The van der Waals surface area contributed by atoms with Crippen LogP contribution in [-0.2, 0) is 22.7 Å². The Kier molecular flexibility index (Phi) is 7.31. The lowest BCUT2D eigenvalue weighted by molar-refractivity contribution is -0.151. The van der Waals surface area contributed by atoms with Crippen molar-refractivity contribution in [3.63, 3.8) is 0 Å². The van der Waals surface area contributed by atoms with E-state index in [-0.39, 0.29) is 12.0 Å². The van der Waals surface area contributed by atoms with Gasteiger partial charge in [-0.1, -0.05) is 42.8 Å². The number of rotatable bonds is 8. The van der Waals surface area contributed by atoms with Crippen LogP contribution in [-0.4, -0.2) is 37.2 Å². The SMILES string of the molecule is CCOC(=O)[C@H]1CCCCN1Cc1ccc(OCc2ccccc2)c(OC)c1. The van der Waals surface area contributed by atoms with Gasteiger partial charge in [0, 0.05) is 6.54 Å². The average Bonchev–Trinajstić information content (AvgIpc) is 2.74. The van der Waals surface area contributed by atoms with Crippen molar-refractivity contribution in [1.82, 2.24) is 4.90 Å². The molecule has 0 aromatic heterocycles. The second-order valence-corrected chi connectivity index (χ2v) is 6.99. The van der Waals surface area contributed by atoms with Crippen LogP contribution in [0.5, 0.6) is 11.5 Å². The van der Waals surface area contributed by atoms with Crippen molar-refractivity contribution in [2.24, 2.45) is 0 Å². The molecule has 5 heteroatoms. The smallest absolute Gasteiger partial charge is 0.323 e. The Morgan fingerprint density at radius 3 is 2.64 bits per heavy atom. The van der Waals surface area contributed by atoms with E-state index in [9.17, 15) is 4.79 Å². The van der Waals surface area contributed by atoms with Gasteiger partial charge in [-0.2, -0.15) is 0 Å². The zero-order valence-corrected chi connectivity index (χ0v) is 16.7. The summed E-state index contributed by atoms with van der Waals surface area (Å²) in [4.78, 5) is 14.5. The van der Waals surface area contributed by atoms with E-state index in [1.165, 1.54) is 0 Å². The van der Waals surface area contributed by atoms with E-state index in [1.807, 2.05) is 55.5 Å². The number of nitrogens with zero attached hydrogens (tertiary/aromatic N) is 1. The molecular weight excluding hydrogens is 354 g/mol. The van der Waals surface area contributed by atoms with Gasteiger partial charge in [-0.15, -0.1) is 0 Å². The largest absolute Gasteiger partial charge is 0.493 e. The van der Waals surface area contributed by atoms with Gasteiger partial charge in [-0.05, 0) is 49.6 Å². The topological polar surface area (TPSA) is 48.0 Å². The van der Waals surface area contributed by atoms with Crippen molar-refractivity contribution in [2.75, 3.05) is 20.3 Å². The number of likely N-dealkylation sites (tertiary alicyclic amines) is 1. The summed E-state index contributed by atoms with van der Waals surface area (Å²) in [6.45, 7) is 4.36. The normalized spacial score (nSPS) is 17.1. The molecule has 0 bridgehead atoms. The molecule has 0 radical (unpaired) electrons. The molecule has 1 saturated heterocycles. The molecule has 5 nitrogen and oxygen atoms in total. The minimum absolute atomic E-state index is 0.114. The van der Waals surface area contributed by atoms with Gasteiger partial charge in [-0.25, -0.2) is 0 Å². The van der Waals surface area contributed by atoms with E-state index in [4.69, 9.17) is 14.2 Å². The molecule has 28 heavy (non-hydrogen) atoms. The van der Waals surface area contributed by atoms with E-state index in [0.29, 0.717) is 25.5 Å². The summed E-state index contributed by atoms with van der Waals surface area (Å²) in [7, 11) is 1.65. The van der Waals surface area contributed by atoms with Crippen LogP contribution in [0.3, 0.4) is 0 Å². The van der Waals surface area contributed by atoms with Gasteiger partial charge in [0.2, 0.25) is 0 Å². The fraction of sp³-hybridized carbons (Fsp3) is 0.435.